The zero-order valence-corrected chi connectivity index (χ0v) is 9.21. The van der Waals surface area contributed by atoms with Crippen LogP contribution < -0.4 is 0 Å². The van der Waals surface area contributed by atoms with Crippen LogP contribution >= 0.6 is 0 Å². The van der Waals surface area contributed by atoms with E-state index in [1.54, 1.807) is 24.3 Å². The van der Waals surface area contributed by atoms with Gasteiger partial charge in [0.25, 0.3) is 0 Å². The predicted octanol–water partition coefficient (Wildman–Crippen LogP) is 2.04. The van der Waals surface area contributed by atoms with Crippen molar-refractivity contribution in [3.63, 3.8) is 0 Å². The van der Waals surface area contributed by atoms with Crippen molar-refractivity contribution in [2.24, 2.45) is 0 Å². The van der Waals surface area contributed by atoms with Crippen LogP contribution in [-0.2, 0) is 22.3 Å². The molecule has 0 bridgehead atoms. The third kappa shape index (κ3) is 3.11. The van der Waals surface area contributed by atoms with Crippen LogP contribution in [-0.4, -0.2) is 14.5 Å². The van der Waals surface area contributed by atoms with Crippen LogP contribution in [0.25, 0.3) is 6.08 Å². The zero-order chi connectivity index (χ0) is 11.4. The number of hydrogen-bond donors (Lipinski definition) is 1. The van der Waals surface area contributed by atoms with Crippen LogP contribution in [0.1, 0.15) is 18.1 Å². The van der Waals surface area contributed by atoms with Gasteiger partial charge in [-0.3, -0.25) is 4.79 Å². The summed E-state index contributed by atoms with van der Waals surface area (Å²) in [5.41, 5.74) is 1.42. The molecule has 0 aliphatic rings. The van der Waals surface area contributed by atoms with Crippen molar-refractivity contribution in [3.8, 4) is 0 Å². The summed E-state index contributed by atoms with van der Waals surface area (Å²) >= 11 is -2.05. The van der Waals surface area contributed by atoms with E-state index in [-0.39, 0.29) is 17.1 Å². The van der Waals surface area contributed by atoms with E-state index in [9.17, 15) is 9.00 Å². The molecule has 0 aliphatic heterocycles. The third-order valence-corrected chi connectivity index (χ3v) is 2.72. The predicted molar refractivity (Wildman–Crippen MR) is 60.0 cm³/mol. The summed E-state index contributed by atoms with van der Waals surface area (Å²) < 4.78 is 20.0. The molecule has 4 heteroatoms. The smallest absolute Gasteiger partial charge is 0.186 e. The summed E-state index contributed by atoms with van der Waals surface area (Å²) in [7, 11) is 0. The van der Waals surface area contributed by atoms with Crippen molar-refractivity contribution in [2.45, 2.75) is 18.2 Å². The summed E-state index contributed by atoms with van der Waals surface area (Å²) in [6.07, 6.45) is 1.80. The van der Waals surface area contributed by atoms with Crippen LogP contribution in [0.3, 0.4) is 0 Å². The second-order valence-corrected chi connectivity index (χ2v) is 4.14. The Morgan fingerprint density at radius 2 is 2.27 bits per heavy atom. The Labute approximate surface area is 91.1 Å². The first-order chi connectivity index (χ1) is 7.04. The fraction of sp³-hybridized carbons (Fsp3) is 0.182. The van der Waals surface area contributed by atoms with Crippen molar-refractivity contribution < 1.29 is 13.6 Å². The van der Waals surface area contributed by atoms with E-state index in [0.717, 1.165) is 5.56 Å². The first-order valence-corrected chi connectivity index (χ1v) is 5.51. The molecule has 0 fully saturated rings. The lowest BCUT2D eigenvalue weighted by atomic mass is 10.1. The lowest BCUT2D eigenvalue weighted by Crippen LogP contribution is -2.02. The molecular weight excluding hydrogens is 212 g/mol. The average Bonchev–Trinajstić information content (AvgIpc) is 2.16. The maximum absolute atomic E-state index is 11.0. The van der Waals surface area contributed by atoms with E-state index in [1.165, 1.54) is 6.92 Å². The quantitative estimate of drug-likeness (QED) is 0.796. The minimum atomic E-state index is -2.05. The Bertz CT molecular complexity index is 424. The minimum Gasteiger partial charge on any atom is -0.302 e. The van der Waals surface area contributed by atoms with Gasteiger partial charge in [0, 0.05) is 6.42 Å². The van der Waals surface area contributed by atoms with Crippen molar-refractivity contribution >= 4 is 22.9 Å². The molecule has 0 amide bonds. The molecule has 0 spiro atoms. The normalized spacial score (nSPS) is 12.1. The van der Waals surface area contributed by atoms with Gasteiger partial charge >= 0.3 is 0 Å². The molecule has 1 aromatic carbocycles. The van der Waals surface area contributed by atoms with Crippen LogP contribution in [0.5, 0.6) is 0 Å². The molecule has 0 aromatic heterocycles. The topological polar surface area (TPSA) is 54.4 Å². The number of rotatable bonds is 4. The van der Waals surface area contributed by atoms with Crippen molar-refractivity contribution in [2.75, 3.05) is 0 Å². The lowest BCUT2D eigenvalue weighted by molar-refractivity contribution is -0.116. The van der Waals surface area contributed by atoms with Gasteiger partial charge in [-0.05, 0) is 24.1 Å². The highest BCUT2D eigenvalue weighted by atomic mass is 32.2. The second kappa shape index (κ2) is 5.00. The molecule has 15 heavy (non-hydrogen) atoms. The van der Waals surface area contributed by atoms with Gasteiger partial charge in [-0.15, -0.1) is 0 Å². The Morgan fingerprint density at radius 3 is 2.73 bits per heavy atom. The molecule has 1 N–H and O–H groups in total. The highest BCUT2D eigenvalue weighted by molar-refractivity contribution is 7.79. The summed E-state index contributed by atoms with van der Waals surface area (Å²) in [5, 5.41) is 0. The molecule has 1 atom stereocenters. The molecule has 0 aliphatic carbocycles. The van der Waals surface area contributed by atoms with Gasteiger partial charge < -0.3 is 4.55 Å². The molecule has 0 radical (unpaired) electrons. The minimum absolute atomic E-state index is 0.0390. The van der Waals surface area contributed by atoms with Crippen LogP contribution in [0.15, 0.2) is 29.7 Å². The maximum atomic E-state index is 11.0. The van der Waals surface area contributed by atoms with Crippen LogP contribution in [0.2, 0.25) is 0 Å². The van der Waals surface area contributed by atoms with Gasteiger partial charge in [0.2, 0.25) is 0 Å². The molecule has 1 unspecified atom stereocenters. The van der Waals surface area contributed by atoms with Gasteiger partial charge in [0.1, 0.15) is 5.78 Å². The summed E-state index contributed by atoms with van der Waals surface area (Å²) in [5.74, 6) is -0.0390. The standard InChI is InChI=1S/C11H12O3S/c1-3-9-4-5-11(15(13)14)10(7-9)6-8(2)12/h3-5,7H,1,6H2,2H3,(H,13,14). The van der Waals surface area contributed by atoms with Crippen LogP contribution in [0.4, 0.5) is 0 Å². The first-order valence-electron chi connectivity index (χ1n) is 4.40. The Hall–Kier alpha value is -1.26. The van der Waals surface area contributed by atoms with E-state index < -0.39 is 11.1 Å². The summed E-state index contributed by atoms with van der Waals surface area (Å²) in [6.45, 7) is 5.05. The van der Waals surface area contributed by atoms with Crippen LogP contribution in [0, 0.1) is 0 Å². The largest absolute Gasteiger partial charge is 0.302 e. The molecule has 3 nitrogen and oxygen atoms in total. The molecule has 0 heterocycles. The lowest BCUT2D eigenvalue weighted by Gasteiger charge is -2.05. The number of carbonyl (C=O) groups excluding carboxylic acids is 1. The highest BCUT2D eigenvalue weighted by Gasteiger charge is 2.09. The van der Waals surface area contributed by atoms with Gasteiger partial charge in [-0.2, -0.15) is 0 Å². The van der Waals surface area contributed by atoms with Gasteiger partial charge in [0.05, 0.1) is 4.90 Å². The summed E-state index contributed by atoms with van der Waals surface area (Å²) in [4.78, 5) is 11.3. The number of carbonyl (C=O) groups is 1. The summed E-state index contributed by atoms with van der Waals surface area (Å²) in [6, 6.07) is 4.95. The van der Waals surface area contributed by atoms with Gasteiger partial charge in [0.15, 0.2) is 11.1 Å². The number of Topliss-reactive ketones (excluding diaryl/α,β-unsaturated/α-hetero) is 1. The first kappa shape index (κ1) is 11.8. The van der Waals surface area contributed by atoms with Crippen molar-refractivity contribution in [1.29, 1.82) is 0 Å². The number of hydrogen-bond acceptors (Lipinski definition) is 2. The molecular formula is C11H12O3S. The molecule has 80 valence electrons. The van der Waals surface area contributed by atoms with E-state index >= 15 is 0 Å². The van der Waals surface area contributed by atoms with E-state index in [0.29, 0.717) is 5.56 Å². The Morgan fingerprint density at radius 1 is 1.60 bits per heavy atom. The van der Waals surface area contributed by atoms with Gasteiger partial charge in [-0.25, -0.2) is 4.21 Å². The van der Waals surface area contributed by atoms with E-state index in [1.807, 2.05) is 0 Å². The average molecular weight is 224 g/mol. The monoisotopic (exact) mass is 224 g/mol. The highest BCUT2D eigenvalue weighted by Crippen LogP contribution is 2.17. The zero-order valence-electron chi connectivity index (χ0n) is 8.40. The third-order valence-electron chi connectivity index (χ3n) is 1.95. The molecule has 1 rings (SSSR count). The maximum Gasteiger partial charge on any atom is 0.186 e. The van der Waals surface area contributed by atoms with Gasteiger partial charge in [-0.1, -0.05) is 24.8 Å². The molecule has 1 aromatic rings. The second-order valence-electron chi connectivity index (χ2n) is 3.20. The Kier molecular flexibility index (Phi) is 3.94. The Balaban J connectivity index is 3.21. The van der Waals surface area contributed by atoms with E-state index in [2.05, 4.69) is 6.58 Å². The number of ketones is 1. The van der Waals surface area contributed by atoms with Crippen molar-refractivity contribution in [3.05, 3.63) is 35.9 Å². The number of benzene rings is 1. The fourth-order valence-corrected chi connectivity index (χ4v) is 1.84. The SMILES string of the molecule is C=Cc1ccc(S(=O)O)c(CC(C)=O)c1. The van der Waals surface area contributed by atoms with Crippen molar-refractivity contribution in [1.82, 2.24) is 0 Å². The molecule has 0 saturated heterocycles. The van der Waals surface area contributed by atoms with E-state index in [4.69, 9.17) is 4.55 Å². The molecule has 0 saturated carbocycles. The fourth-order valence-electron chi connectivity index (χ4n) is 1.30.